The van der Waals surface area contributed by atoms with Gasteiger partial charge in [0.25, 0.3) is 11.8 Å². The van der Waals surface area contributed by atoms with Gasteiger partial charge in [-0.15, -0.1) is 0 Å². The molecule has 1 fully saturated rings. The van der Waals surface area contributed by atoms with Crippen molar-refractivity contribution in [2.45, 2.75) is 0 Å². The average Bonchev–Trinajstić information content (AvgIpc) is 3.08. The van der Waals surface area contributed by atoms with Gasteiger partial charge in [-0.1, -0.05) is 0 Å². The third-order valence-electron chi connectivity index (χ3n) is 3.51. The van der Waals surface area contributed by atoms with Crippen LogP contribution in [0.1, 0.15) is 5.76 Å². The van der Waals surface area contributed by atoms with Crippen molar-refractivity contribution in [1.82, 2.24) is 5.32 Å². The standard InChI is InChI=1S/C16H11N3O6S/c1-24-10-4-2-9(3-5-10)18-15(21)12(14(20)17-16(18)26)8-11-6-7-13(25-11)19(22)23/h2-8H,1H3,(H,17,20,26)/b12-8+. The first kappa shape index (κ1) is 17.3. The van der Waals surface area contributed by atoms with Gasteiger partial charge in [-0.3, -0.25) is 29.9 Å². The van der Waals surface area contributed by atoms with Crippen LogP contribution in [0.2, 0.25) is 0 Å². The minimum atomic E-state index is -0.719. The van der Waals surface area contributed by atoms with E-state index in [1.54, 1.807) is 24.3 Å². The number of hydrogen-bond acceptors (Lipinski definition) is 7. The molecule has 26 heavy (non-hydrogen) atoms. The topological polar surface area (TPSA) is 115 Å². The minimum absolute atomic E-state index is 0.00213. The molecule has 1 aromatic heterocycles. The first-order chi connectivity index (χ1) is 12.4. The van der Waals surface area contributed by atoms with Crippen LogP contribution < -0.4 is 15.0 Å². The Morgan fingerprint density at radius 2 is 1.92 bits per heavy atom. The fourth-order valence-corrected chi connectivity index (χ4v) is 2.56. The third kappa shape index (κ3) is 3.17. The van der Waals surface area contributed by atoms with Crippen molar-refractivity contribution in [3.05, 3.63) is 57.8 Å². The van der Waals surface area contributed by atoms with Crippen LogP contribution in [-0.2, 0) is 9.59 Å². The van der Waals surface area contributed by atoms with Gasteiger partial charge in [0, 0.05) is 0 Å². The summed E-state index contributed by atoms with van der Waals surface area (Å²) in [4.78, 5) is 36.0. The lowest BCUT2D eigenvalue weighted by Crippen LogP contribution is -2.54. The lowest BCUT2D eigenvalue weighted by Gasteiger charge is -2.28. The van der Waals surface area contributed by atoms with Crippen LogP contribution >= 0.6 is 12.2 Å². The number of nitrogens with one attached hydrogen (secondary N) is 1. The van der Waals surface area contributed by atoms with Gasteiger partial charge in [0.15, 0.2) is 5.11 Å². The molecule has 0 atom stereocenters. The molecule has 2 heterocycles. The number of hydrogen-bond donors (Lipinski definition) is 1. The zero-order valence-electron chi connectivity index (χ0n) is 13.3. The molecule has 3 rings (SSSR count). The maximum Gasteiger partial charge on any atom is 0.433 e. The highest BCUT2D eigenvalue weighted by Gasteiger charge is 2.34. The van der Waals surface area contributed by atoms with E-state index in [-0.39, 0.29) is 16.4 Å². The van der Waals surface area contributed by atoms with Gasteiger partial charge in [0.05, 0.1) is 18.9 Å². The molecule has 2 amide bonds. The van der Waals surface area contributed by atoms with Gasteiger partial charge in [-0.25, -0.2) is 0 Å². The van der Waals surface area contributed by atoms with Gasteiger partial charge >= 0.3 is 5.88 Å². The zero-order chi connectivity index (χ0) is 18.8. The molecule has 1 aliphatic rings. The summed E-state index contributed by atoms with van der Waals surface area (Å²) in [5, 5.41) is 13.0. The number of benzene rings is 1. The predicted molar refractivity (Wildman–Crippen MR) is 94.6 cm³/mol. The fourth-order valence-electron chi connectivity index (χ4n) is 2.28. The van der Waals surface area contributed by atoms with E-state index in [4.69, 9.17) is 21.4 Å². The van der Waals surface area contributed by atoms with Crippen molar-refractivity contribution >= 4 is 46.8 Å². The van der Waals surface area contributed by atoms with Crippen molar-refractivity contribution in [3.63, 3.8) is 0 Å². The molecule has 0 bridgehead atoms. The maximum atomic E-state index is 12.7. The molecule has 2 aromatic rings. The molecule has 0 spiro atoms. The van der Waals surface area contributed by atoms with Crippen LogP contribution in [0, 0.1) is 10.1 Å². The van der Waals surface area contributed by atoms with E-state index in [0.717, 1.165) is 17.0 Å². The Bertz CT molecular complexity index is 947. The Labute approximate surface area is 152 Å². The van der Waals surface area contributed by atoms with Crippen molar-refractivity contribution in [2.75, 3.05) is 12.0 Å². The van der Waals surface area contributed by atoms with E-state index in [0.29, 0.717) is 11.4 Å². The smallest absolute Gasteiger partial charge is 0.433 e. The summed E-state index contributed by atoms with van der Waals surface area (Å²) in [6.07, 6.45) is 1.13. The summed E-state index contributed by atoms with van der Waals surface area (Å²) in [6, 6.07) is 8.91. The summed E-state index contributed by atoms with van der Waals surface area (Å²) in [6.45, 7) is 0. The number of nitrogens with zero attached hydrogens (tertiary/aromatic N) is 2. The second-order valence-electron chi connectivity index (χ2n) is 5.09. The number of anilines is 1. The van der Waals surface area contributed by atoms with Crippen LogP contribution in [-0.4, -0.2) is 29.0 Å². The number of carbonyl (C=O) groups is 2. The summed E-state index contributed by atoms with van der Waals surface area (Å²) in [5.74, 6) is -1.31. The fraction of sp³-hybridized carbons (Fsp3) is 0.0625. The van der Waals surface area contributed by atoms with Crippen LogP contribution in [0.4, 0.5) is 11.6 Å². The van der Waals surface area contributed by atoms with Crippen molar-refractivity contribution in [3.8, 4) is 5.75 Å². The summed E-state index contributed by atoms with van der Waals surface area (Å²) >= 11 is 5.08. The lowest BCUT2D eigenvalue weighted by atomic mass is 10.1. The SMILES string of the molecule is COc1ccc(N2C(=O)/C(=C/c3ccc([N+](=O)[O-])o3)C(=O)NC2=S)cc1. The number of carbonyl (C=O) groups excluding carboxylic acids is 2. The third-order valence-corrected chi connectivity index (χ3v) is 3.80. The van der Waals surface area contributed by atoms with Crippen LogP contribution in [0.5, 0.6) is 5.75 Å². The van der Waals surface area contributed by atoms with Crippen molar-refractivity contribution in [1.29, 1.82) is 0 Å². The molecule has 132 valence electrons. The van der Waals surface area contributed by atoms with E-state index >= 15 is 0 Å². The summed E-state index contributed by atoms with van der Waals surface area (Å²) < 4.78 is 10.0. The van der Waals surface area contributed by atoms with Gasteiger partial charge in [-0.2, -0.15) is 0 Å². The number of methoxy groups -OCH3 is 1. The van der Waals surface area contributed by atoms with E-state index in [1.807, 2.05) is 0 Å². The second-order valence-corrected chi connectivity index (χ2v) is 5.48. The van der Waals surface area contributed by atoms with E-state index in [2.05, 4.69) is 5.32 Å². The molecule has 0 aliphatic carbocycles. The highest BCUT2D eigenvalue weighted by atomic mass is 32.1. The maximum absolute atomic E-state index is 12.7. The molecule has 9 nitrogen and oxygen atoms in total. The van der Waals surface area contributed by atoms with Gasteiger partial charge < -0.3 is 9.15 Å². The number of ether oxygens (including phenoxy) is 1. The zero-order valence-corrected chi connectivity index (χ0v) is 14.1. The quantitative estimate of drug-likeness (QED) is 0.287. The Kier molecular flexibility index (Phi) is 4.50. The van der Waals surface area contributed by atoms with E-state index in [1.165, 1.54) is 13.2 Å². The number of furan rings is 1. The second kappa shape index (κ2) is 6.76. The number of amides is 2. The van der Waals surface area contributed by atoms with Crippen LogP contribution in [0.3, 0.4) is 0 Å². The number of rotatable bonds is 4. The normalized spacial score (nSPS) is 16.0. The van der Waals surface area contributed by atoms with E-state index in [9.17, 15) is 19.7 Å². The number of thiocarbonyl (C=S) groups is 1. The molecular formula is C16H11N3O6S. The predicted octanol–water partition coefficient (Wildman–Crippen LogP) is 2.03. The average molecular weight is 373 g/mol. The summed E-state index contributed by atoms with van der Waals surface area (Å²) in [5.41, 5.74) is 0.163. The molecule has 1 N–H and O–H groups in total. The van der Waals surface area contributed by atoms with Gasteiger partial charge in [0.1, 0.15) is 22.0 Å². The van der Waals surface area contributed by atoms with Crippen LogP contribution in [0.25, 0.3) is 6.08 Å². The van der Waals surface area contributed by atoms with Gasteiger partial charge in [0.2, 0.25) is 0 Å². The van der Waals surface area contributed by atoms with Crippen molar-refractivity contribution < 1.29 is 23.7 Å². The molecule has 0 radical (unpaired) electrons. The monoisotopic (exact) mass is 373 g/mol. The van der Waals surface area contributed by atoms with Crippen molar-refractivity contribution in [2.24, 2.45) is 0 Å². The Morgan fingerprint density at radius 1 is 1.23 bits per heavy atom. The molecule has 0 unspecified atom stereocenters. The molecule has 0 saturated carbocycles. The number of nitro groups is 1. The Morgan fingerprint density at radius 3 is 2.50 bits per heavy atom. The lowest BCUT2D eigenvalue weighted by molar-refractivity contribution is -0.402. The summed E-state index contributed by atoms with van der Waals surface area (Å²) in [7, 11) is 1.51. The molecular weight excluding hydrogens is 362 g/mol. The minimum Gasteiger partial charge on any atom is -0.497 e. The Hall–Kier alpha value is -3.53. The highest BCUT2D eigenvalue weighted by molar-refractivity contribution is 7.80. The first-order valence-corrected chi connectivity index (χ1v) is 7.61. The molecule has 1 saturated heterocycles. The largest absolute Gasteiger partial charge is 0.497 e. The highest BCUT2D eigenvalue weighted by Crippen LogP contribution is 2.25. The molecule has 1 aliphatic heterocycles. The molecule has 10 heteroatoms. The first-order valence-electron chi connectivity index (χ1n) is 7.20. The molecule has 1 aromatic carbocycles. The Balaban J connectivity index is 1.96. The van der Waals surface area contributed by atoms with E-state index < -0.39 is 22.6 Å². The van der Waals surface area contributed by atoms with Gasteiger partial charge in [-0.05, 0) is 48.6 Å². The van der Waals surface area contributed by atoms with Crippen LogP contribution in [0.15, 0.2) is 46.4 Å².